The first-order valence-electron chi connectivity index (χ1n) is 4.31. The van der Waals surface area contributed by atoms with Crippen molar-refractivity contribution in [3.8, 4) is 11.3 Å². The number of rotatable bonds is 2. The summed E-state index contributed by atoms with van der Waals surface area (Å²) in [6.45, 7) is 0. The van der Waals surface area contributed by atoms with Crippen LogP contribution < -0.4 is 0 Å². The van der Waals surface area contributed by atoms with Gasteiger partial charge in [0, 0.05) is 17.3 Å². The van der Waals surface area contributed by atoms with E-state index in [0.29, 0.717) is 11.3 Å². The number of aromatic nitrogens is 1. The zero-order valence-corrected chi connectivity index (χ0v) is 8.68. The molecule has 0 fully saturated rings. The largest absolute Gasteiger partial charge is 0.450 e. The molecule has 1 heterocycles. The van der Waals surface area contributed by atoms with Gasteiger partial charge < -0.3 is 4.42 Å². The predicted molar refractivity (Wildman–Crippen MR) is 53.9 cm³/mol. The third-order valence-electron chi connectivity index (χ3n) is 1.75. The van der Waals surface area contributed by atoms with E-state index in [1.54, 1.807) is 24.3 Å². The molecule has 6 heteroatoms. The fraction of sp³-hybridized carbons (Fsp3) is 0.100. The molecule has 2 aromatic rings. The van der Waals surface area contributed by atoms with Gasteiger partial charge in [-0.15, -0.1) is 0 Å². The van der Waals surface area contributed by atoms with Gasteiger partial charge in [-0.25, -0.2) is 4.98 Å². The molecular weight excluding hydrogens is 239 g/mol. The minimum absolute atomic E-state index is 0.326. The minimum atomic E-state index is -4.38. The summed E-state index contributed by atoms with van der Waals surface area (Å²) in [6, 6.07) is 8.83. The third kappa shape index (κ3) is 2.79. The van der Waals surface area contributed by atoms with Crippen LogP contribution in [0.4, 0.5) is 13.2 Å². The molecule has 0 radical (unpaired) electrons. The Morgan fingerprint density at radius 2 is 1.81 bits per heavy atom. The monoisotopic (exact) mass is 245 g/mol. The molecule has 0 saturated heterocycles. The Morgan fingerprint density at radius 1 is 1.12 bits per heavy atom. The summed E-state index contributed by atoms with van der Waals surface area (Å²) in [5.74, 6) is 0.326. The Bertz CT molecular complexity index is 466. The summed E-state index contributed by atoms with van der Waals surface area (Å²) < 4.78 is 41.0. The van der Waals surface area contributed by atoms with Crippen LogP contribution in [0.1, 0.15) is 0 Å². The van der Waals surface area contributed by atoms with Gasteiger partial charge in [-0.2, -0.15) is 13.2 Å². The highest BCUT2D eigenvalue weighted by Gasteiger charge is 2.32. The fourth-order valence-electron chi connectivity index (χ4n) is 1.14. The summed E-state index contributed by atoms with van der Waals surface area (Å²) in [5.41, 5.74) is -3.68. The lowest BCUT2D eigenvalue weighted by Gasteiger charge is -2.00. The van der Waals surface area contributed by atoms with Crippen LogP contribution in [0.5, 0.6) is 0 Å². The van der Waals surface area contributed by atoms with E-state index in [2.05, 4.69) is 4.98 Å². The molecule has 0 amide bonds. The number of thioether (sulfide) groups is 1. The molecular formula is C10H6F3NOS. The molecule has 16 heavy (non-hydrogen) atoms. The predicted octanol–water partition coefficient (Wildman–Crippen LogP) is 3.95. The van der Waals surface area contributed by atoms with Gasteiger partial charge in [-0.05, 0) is 0 Å². The number of benzene rings is 1. The number of hydrogen-bond donors (Lipinski definition) is 0. The average Bonchev–Trinajstić information content (AvgIpc) is 2.65. The minimum Gasteiger partial charge on any atom is -0.431 e. The third-order valence-corrected chi connectivity index (χ3v) is 2.34. The van der Waals surface area contributed by atoms with Gasteiger partial charge in [0.25, 0.3) is 5.22 Å². The lowest BCUT2D eigenvalue weighted by Crippen LogP contribution is -1.98. The van der Waals surface area contributed by atoms with Crippen molar-refractivity contribution in [1.29, 1.82) is 0 Å². The zero-order valence-electron chi connectivity index (χ0n) is 7.86. The van der Waals surface area contributed by atoms with Crippen molar-refractivity contribution in [2.75, 3.05) is 0 Å². The molecule has 0 aliphatic carbocycles. The fourth-order valence-corrected chi connectivity index (χ4v) is 1.58. The van der Waals surface area contributed by atoms with Gasteiger partial charge in [0.15, 0.2) is 5.76 Å². The van der Waals surface area contributed by atoms with Crippen molar-refractivity contribution in [3.63, 3.8) is 0 Å². The van der Waals surface area contributed by atoms with Gasteiger partial charge in [-0.3, -0.25) is 0 Å². The summed E-state index contributed by atoms with van der Waals surface area (Å²) >= 11 is -0.362. The van der Waals surface area contributed by atoms with Crippen LogP contribution in [-0.4, -0.2) is 10.5 Å². The molecule has 2 rings (SSSR count). The maximum absolute atomic E-state index is 12.0. The second-order valence-electron chi connectivity index (χ2n) is 2.90. The van der Waals surface area contributed by atoms with E-state index in [1.807, 2.05) is 6.07 Å². The normalized spacial score (nSPS) is 11.7. The van der Waals surface area contributed by atoms with Gasteiger partial charge in [0.1, 0.15) is 0 Å². The first kappa shape index (κ1) is 11.1. The van der Waals surface area contributed by atoms with Gasteiger partial charge in [-0.1, -0.05) is 30.3 Å². The molecule has 0 unspecified atom stereocenters. The molecule has 0 atom stereocenters. The highest BCUT2D eigenvalue weighted by atomic mass is 32.2. The van der Waals surface area contributed by atoms with E-state index in [-0.39, 0.29) is 11.8 Å². The van der Waals surface area contributed by atoms with Crippen molar-refractivity contribution in [2.45, 2.75) is 10.7 Å². The molecule has 0 aliphatic rings. The van der Waals surface area contributed by atoms with Gasteiger partial charge >= 0.3 is 5.51 Å². The topological polar surface area (TPSA) is 26.0 Å². The van der Waals surface area contributed by atoms with Crippen LogP contribution in [-0.2, 0) is 0 Å². The molecule has 0 spiro atoms. The first-order valence-corrected chi connectivity index (χ1v) is 5.13. The summed E-state index contributed by atoms with van der Waals surface area (Å²) in [6.07, 6.45) is 1.28. The molecule has 1 aromatic carbocycles. The van der Waals surface area contributed by atoms with Crippen LogP contribution >= 0.6 is 11.8 Å². The first-order chi connectivity index (χ1) is 7.54. The molecule has 0 N–H and O–H groups in total. The van der Waals surface area contributed by atoms with E-state index in [9.17, 15) is 13.2 Å². The number of alkyl halides is 3. The lowest BCUT2D eigenvalue weighted by molar-refractivity contribution is -0.0336. The van der Waals surface area contributed by atoms with Crippen molar-refractivity contribution >= 4 is 11.8 Å². The van der Waals surface area contributed by atoms with Crippen LogP contribution in [0.2, 0.25) is 0 Å². The maximum atomic E-state index is 12.0. The number of hydrogen-bond acceptors (Lipinski definition) is 3. The van der Waals surface area contributed by atoms with Crippen molar-refractivity contribution in [1.82, 2.24) is 4.98 Å². The van der Waals surface area contributed by atoms with Crippen LogP contribution in [0.3, 0.4) is 0 Å². The van der Waals surface area contributed by atoms with E-state index in [4.69, 9.17) is 4.42 Å². The Balaban J connectivity index is 2.21. The number of halogens is 3. The van der Waals surface area contributed by atoms with E-state index >= 15 is 0 Å². The smallest absolute Gasteiger partial charge is 0.431 e. The molecule has 0 bridgehead atoms. The highest BCUT2D eigenvalue weighted by Crippen LogP contribution is 2.37. The average molecular weight is 245 g/mol. The molecule has 84 valence electrons. The summed E-state index contributed by atoms with van der Waals surface area (Å²) in [7, 11) is 0. The second-order valence-corrected chi connectivity index (χ2v) is 3.92. The van der Waals surface area contributed by atoms with E-state index < -0.39 is 10.7 Å². The quantitative estimate of drug-likeness (QED) is 0.749. The van der Waals surface area contributed by atoms with Crippen molar-refractivity contribution < 1.29 is 17.6 Å². The van der Waals surface area contributed by atoms with Gasteiger partial charge in [0.05, 0.1) is 6.20 Å². The lowest BCUT2D eigenvalue weighted by atomic mass is 10.2. The van der Waals surface area contributed by atoms with Crippen LogP contribution in [0, 0.1) is 0 Å². The Kier molecular flexibility index (Phi) is 2.91. The van der Waals surface area contributed by atoms with Crippen LogP contribution in [0.25, 0.3) is 11.3 Å². The highest BCUT2D eigenvalue weighted by molar-refractivity contribution is 7.99. The Hall–Kier alpha value is -1.43. The Morgan fingerprint density at radius 3 is 2.44 bits per heavy atom. The molecule has 0 aliphatic heterocycles. The van der Waals surface area contributed by atoms with Gasteiger partial charge in [0.2, 0.25) is 0 Å². The van der Waals surface area contributed by atoms with Crippen molar-refractivity contribution in [3.05, 3.63) is 36.5 Å². The summed E-state index contributed by atoms with van der Waals surface area (Å²) in [5, 5.41) is -0.397. The van der Waals surface area contributed by atoms with E-state index in [1.165, 1.54) is 6.20 Å². The van der Waals surface area contributed by atoms with E-state index in [0.717, 1.165) is 0 Å². The van der Waals surface area contributed by atoms with Crippen LogP contribution in [0.15, 0.2) is 46.2 Å². The van der Waals surface area contributed by atoms with Crippen molar-refractivity contribution in [2.24, 2.45) is 0 Å². The Labute approximate surface area is 93.5 Å². The standard InChI is InChI=1S/C10H6F3NOS/c11-10(12,13)16-9-14-6-8(15-9)7-4-2-1-3-5-7/h1-6H. The molecule has 2 nitrogen and oxygen atoms in total. The maximum Gasteiger partial charge on any atom is 0.450 e. The molecule has 0 saturated carbocycles. The number of nitrogens with zero attached hydrogens (tertiary/aromatic N) is 1. The summed E-state index contributed by atoms with van der Waals surface area (Å²) in [4.78, 5) is 3.55. The SMILES string of the molecule is FC(F)(F)Sc1ncc(-c2ccccc2)o1. The molecule has 1 aromatic heterocycles. The zero-order chi connectivity index (χ0) is 11.6. The second kappa shape index (κ2) is 4.21. The number of oxazole rings is 1.